The molecular formula is C31H48O5. The van der Waals surface area contributed by atoms with Crippen LogP contribution in [0.25, 0.3) is 0 Å². The molecule has 0 bridgehead atoms. The number of fused-ring (bicyclic) bond motifs is 3. The van der Waals surface area contributed by atoms with Crippen molar-refractivity contribution >= 4 is 11.9 Å². The predicted octanol–water partition coefficient (Wildman–Crippen LogP) is 6.72. The maximum absolute atomic E-state index is 12.1. The summed E-state index contributed by atoms with van der Waals surface area (Å²) in [6.07, 6.45) is 11.3. The third-order valence-corrected chi connectivity index (χ3v) is 10.3. The number of carbonyl (C=O) groups is 2. The lowest BCUT2D eigenvalue weighted by Gasteiger charge is -2.54. The highest BCUT2D eigenvalue weighted by molar-refractivity contribution is 5.85. The summed E-state index contributed by atoms with van der Waals surface area (Å²) < 4.78 is 4.98. The number of hydrogen-bond acceptors (Lipinski definition) is 4. The summed E-state index contributed by atoms with van der Waals surface area (Å²) in [6, 6.07) is 0. The van der Waals surface area contributed by atoms with E-state index in [1.165, 1.54) is 18.3 Å². The van der Waals surface area contributed by atoms with Crippen molar-refractivity contribution < 1.29 is 24.5 Å². The van der Waals surface area contributed by atoms with E-state index < -0.39 is 11.6 Å². The number of esters is 1. The van der Waals surface area contributed by atoms with E-state index in [9.17, 15) is 14.7 Å². The van der Waals surface area contributed by atoms with E-state index >= 15 is 0 Å². The second-order valence-electron chi connectivity index (χ2n) is 12.9. The van der Waals surface area contributed by atoms with E-state index in [-0.39, 0.29) is 22.7 Å². The normalized spacial score (nSPS) is 35.5. The third kappa shape index (κ3) is 5.23. The Kier molecular flexibility index (Phi) is 8.35. The minimum Gasteiger partial charge on any atom is -0.478 e. The molecule has 3 rings (SSSR count). The lowest BCUT2D eigenvalue weighted by Crippen LogP contribution is -2.50. The molecule has 2 fully saturated rings. The molecule has 0 heterocycles. The van der Waals surface area contributed by atoms with Gasteiger partial charge in [-0.3, -0.25) is 4.79 Å². The molecule has 0 amide bonds. The van der Waals surface area contributed by atoms with Crippen molar-refractivity contribution in [1.82, 2.24) is 0 Å². The minimum absolute atomic E-state index is 0.0770. The molecule has 5 nitrogen and oxygen atoms in total. The number of carboxylic acids is 1. The highest BCUT2D eigenvalue weighted by Gasteiger charge is 2.59. The summed E-state index contributed by atoms with van der Waals surface area (Å²) in [5, 5.41) is 20.3. The predicted molar refractivity (Wildman–Crippen MR) is 143 cm³/mol. The van der Waals surface area contributed by atoms with Crippen molar-refractivity contribution in [3.63, 3.8) is 0 Å². The van der Waals surface area contributed by atoms with Crippen LogP contribution in [-0.4, -0.2) is 34.9 Å². The Bertz CT molecular complexity index is 937. The first kappa shape index (κ1) is 28.7. The molecule has 5 heteroatoms. The van der Waals surface area contributed by atoms with Crippen molar-refractivity contribution in [3.8, 4) is 0 Å². The molecule has 0 radical (unpaired) electrons. The van der Waals surface area contributed by atoms with Crippen molar-refractivity contribution in [2.75, 3.05) is 7.11 Å². The number of allylic oxidation sites excluding steroid dienone is 4. The zero-order valence-corrected chi connectivity index (χ0v) is 23.5. The molecule has 0 aliphatic heterocycles. The summed E-state index contributed by atoms with van der Waals surface area (Å²) in [5.41, 5.74) is 2.17. The average molecular weight is 501 g/mol. The molecule has 0 aromatic rings. The fourth-order valence-corrected chi connectivity index (χ4v) is 8.14. The standard InChI is InChI=1S/C31H48O5/c1-19(10-9-11-20(2)28(33)34)22-14-16-30(6)23-12-13-26(29(4,5)35)31(7,17-15-27(32)36-8)25(23)18-24(30)21(22)3/h11,18-19,22-24,26,35H,3,9-10,12-17H2,1-2,4-8H3,(H,33,34)/b20-11-/t19-,22-,23-,24+,26+,30+,31-/m1/s1. The van der Waals surface area contributed by atoms with E-state index in [1.54, 1.807) is 6.92 Å². The summed E-state index contributed by atoms with van der Waals surface area (Å²) in [6.45, 7) is 17.1. The number of hydrogen-bond donors (Lipinski definition) is 2. The average Bonchev–Trinajstić information content (AvgIpc) is 3.11. The van der Waals surface area contributed by atoms with Gasteiger partial charge in [0.15, 0.2) is 0 Å². The molecule has 0 unspecified atom stereocenters. The lowest BCUT2D eigenvalue weighted by molar-refractivity contribution is -0.142. The Morgan fingerprint density at radius 1 is 1.28 bits per heavy atom. The van der Waals surface area contributed by atoms with Crippen molar-refractivity contribution in [1.29, 1.82) is 0 Å². The largest absolute Gasteiger partial charge is 0.478 e. The second-order valence-corrected chi connectivity index (χ2v) is 12.9. The summed E-state index contributed by atoms with van der Waals surface area (Å²) in [5.74, 6) is 0.640. The zero-order chi connectivity index (χ0) is 27.1. The highest BCUT2D eigenvalue weighted by atomic mass is 16.5. The summed E-state index contributed by atoms with van der Waals surface area (Å²) in [7, 11) is 1.44. The molecule has 0 aromatic heterocycles. The molecule has 7 atom stereocenters. The molecule has 36 heavy (non-hydrogen) atoms. The number of rotatable bonds is 9. The van der Waals surface area contributed by atoms with E-state index in [2.05, 4.69) is 33.4 Å². The van der Waals surface area contributed by atoms with Gasteiger partial charge >= 0.3 is 11.9 Å². The molecular weight excluding hydrogens is 452 g/mol. The van der Waals surface area contributed by atoms with Crippen molar-refractivity contribution in [3.05, 3.63) is 35.5 Å². The van der Waals surface area contributed by atoms with Crippen LogP contribution in [0.1, 0.15) is 92.9 Å². The van der Waals surface area contributed by atoms with Crippen LogP contribution < -0.4 is 0 Å². The van der Waals surface area contributed by atoms with E-state index in [0.29, 0.717) is 42.1 Å². The van der Waals surface area contributed by atoms with Gasteiger partial charge in [-0.25, -0.2) is 4.79 Å². The van der Waals surface area contributed by atoms with Gasteiger partial charge in [-0.15, -0.1) is 0 Å². The van der Waals surface area contributed by atoms with E-state index in [1.807, 2.05) is 19.9 Å². The Morgan fingerprint density at radius 2 is 1.94 bits per heavy atom. The molecule has 0 saturated heterocycles. The number of carbonyl (C=O) groups excluding carboxylic acids is 1. The van der Waals surface area contributed by atoms with Crippen LogP contribution in [0.15, 0.2) is 35.5 Å². The second kappa shape index (κ2) is 10.5. The molecule has 2 N–H and O–H groups in total. The van der Waals surface area contributed by atoms with Gasteiger partial charge in [0, 0.05) is 17.9 Å². The molecule has 0 spiro atoms. The van der Waals surface area contributed by atoms with E-state index in [4.69, 9.17) is 9.84 Å². The quantitative estimate of drug-likeness (QED) is 0.209. The Labute approximate surface area is 218 Å². The number of carboxylic acid groups (broad SMARTS) is 1. The Hall–Kier alpha value is -1.88. The smallest absolute Gasteiger partial charge is 0.330 e. The SMILES string of the molecule is C=C1[C@@H]([C@H](C)CC/C=C(/C)C(=O)O)CC[C@@]2(C)[C@@H]3CC[C@@H](C(C)(C)O)[C@](C)(CCC(=O)OC)C3=C[C@@H]12. The van der Waals surface area contributed by atoms with Gasteiger partial charge in [0.05, 0.1) is 12.7 Å². The van der Waals surface area contributed by atoms with Gasteiger partial charge in [-0.1, -0.05) is 50.6 Å². The van der Waals surface area contributed by atoms with Crippen LogP contribution in [0, 0.1) is 40.4 Å². The maximum atomic E-state index is 12.1. The number of aliphatic carboxylic acids is 1. The Morgan fingerprint density at radius 3 is 2.53 bits per heavy atom. The number of aliphatic hydroxyl groups is 1. The molecule has 3 aliphatic carbocycles. The summed E-state index contributed by atoms with van der Waals surface area (Å²) >= 11 is 0. The lowest BCUT2D eigenvalue weighted by atomic mass is 9.51. The van der Waals surface area contributed by atoms with Crippen LogP contribution in [0.2, 0.25) is 0 Å². The number of ether oxygens (including phenoxy) is 1. The molecule has 3 aliphatic rings. The molecule has 202 valence electrons. The van der Waals surface area contributed by atoms with Crippen LogP contribution in [0.5, 0.6) is 0 Å². The van der Waals surface area contributed by atoms with Crippen LogP contribution in [0.4, 0.5) is 0 Å². The van der Waals surface area contributed by atoms with Gasteiger partial charge in [0.1, 0.15) is 0 Å². The fourth-order valence-electron chi connectivity index (χ4n) is 8.14. The summed E-state index contributed by atoms with van der Waals surface area (Å²) in [4.78, 5) is 23.3. The highest BCUT2D eigenvalue weighted by Crippen LogP contribution is 2.67. The molecule has 2 saturated carbocycles. The van der Waals surface area contributed by atoms with Crippen molar-refractivity contribution in [2.45, 2.75) is 98.5 Å². The van der Waals surface area contributed by atoms with Crippen LogP contribution in [0.3, 0.4) is 0 Å². The molecule has 0 aromatic carbocycles. The topological polar surface area (TPSA) is 83.8 Å². The zero-order valence-electron chi connectivity index (χ0n) is 23.5. The van der Waals surface area contributed by atoms with Gasteiger partial charge in [0.2, 0.25) is 0 Å². The third-order valence-electron chi connectivity index (χ3n) is 10.3. The van der Waals surface area contributed by atoms with Gasteiger partial charge in [-0.2, -0.15) is 0 Å². The first-order valence-electron chi connectivity index (χ1n) is 13.8. The Balaban J connectivity index is 1.88. The monoisotopic (exact) mass is 500 g/mol. The van der Waals surface area contributed by atoms with Crippen LogP contribution >= 0.6 is 0 Å². The number of methoxy groups -OCH3 is 1. The van der Waals surface area contributed by atoms with Crippen LogP contribution in [-0.2, 0) is 14.3 Å². The van der Waals surface area contributed by atoms with Gasteiger partial charge in [-0.05, 0) is 100 Å². The van der Waals surface area contributed by atoms with E-state index in [0.717, 1.165) is 38.5 Å². The van der Waals surface area contributed by atoms with Gasteiger partial charge in [0.25, 0.3) is 0 Å². The fraction of sp³-hybridized carbons (Fsp3) is 0.742. The first-order chi connectivity index (χ1) is 16.7. The van der Waals surface area contributed by atoms with Gasteiger partial charge < -0.3 is 14.9 Å². The first-order valence-corrected chi connectivity index (χ1v) is 13.8. The maximum Gasteiger partial charge on any atom is 0.330 e. The minimum atomic E-state index is -0.847. The van der Waals surface area contributed by atoms with Crippen molar-refractivity contribution in [2.24, 2.45) is 40.4 Å².